The summed E-state index contributed by atoms with van der Waals surface area (Å²) in [6.45, 7) is 1.00. The molecular weight excluding hydrogens is 336 g/mol. The molecule has 0 atom stereocenters. The zero-order chi connectivity index (χ0) is 17.6. The number of H-pyrrole nitrogens is 1. The van der Waals surface area contributed by atoms with Crippen LogP contribution in [0.3, 0.4) is 0 Å². The van der Waals surface area contributed by atoms with E-state index in [-0.39, 0.29) is 0 Å². The van der Waals surface area contributed by atoms with E-state index >= 15 is 0 Å². The Balaban J connectivity index is 1.68. The standard InChI is InChI=1S/C19H18N2O3S/c1-23-18(22)17-11-20-19(25)21(17)12-14-7-9-16(10-8-14)24-13-15-5-3-2-4-6-15/h2-11H,12-13H2,1H3,(H,20,25). The van der Waals surface area contributed by atoms with Crippen LogP contribution < -0.4 is 4.74 Å². The number of hydrogen-bond donors (Lipinski definition) is 1. The first-order valence-electron chi connectivity index (χ1n) is 7.79. The Labute approximate surface area is 150 Å². The topological polar surface area (TPSA) is 56.2 Å². The zero-order valence-corrected chi connectivity index (χ0v) is 14.6. The van der Waals surface area contributed by atoms with Crippen LogP contribution in [0.4, 0.5) is 0 Å². The smallest absolute Gasteiger partial charge is 0.356 e. The highest BCUT2D eigenvalue weighted by molar-refractivity contribution is 7.71. The molecule has 6 heteroatoms. The van der Waals surface area contributed by atoms with Gasteiger partial charge in [-0.1, -0.05) is 42.5 Å². The highest BCUT2D eigenvalue weighted by Gasteiger charge is 2.13. The molecule has 5 nitrogen and oxygen atoms in total. The van der Waals surface area contributed by atoms with Gasteiger partial charge in [0.2, 0.25) is 0 Å². The minimum atomic E-state index is -0.421. The number of methoxy groups -OCH3 is 1. The van der Waals surface area contributed by atoms with Crippen molar-refractivity contribution >= 4 is 18.2 Å². The van der Waals surface area contributed by atoms with E-state index in [0.717, 1.165) is 16.9 Å². The number of nitrogens with one attached hydrogen (secondary N) is 1. The van der Waals surface area contributed by atoms with Gasteiger partial charge in [0.25, 0.3) is 0 Å². The summed E-state index contributed by atoms with van der Waals surface area (Å²) < 4.78 is 12.7. The van der Waals surface area contributed by atoms with Crippen molar-refractivity contribution in [3.05, 3.63) is 82.4 Å². The summed E-state index contributed by atoms with van der Waals surface area (Å²) in [5, 5.41) is 0. The molecule has 3 rings (SSSR count). The number of hydrogen-bond acceptors (Lipinski definition) is 4. The summed E-state index contributed by atoms with van der Waals surface area (Å²) in [6.07, 6.45) is 1.56. The maximum absolute atomic E-state index is 11.8. The van der Waals surface area contributed by atoms with E-state index in [1.807, 2.05) is 54.6 Å². The predicted molar refractivity (Wildman–Crippen MR) is 97.3 cm³/mol. The van der Waals surface area contributed by atoms with Crippen molar-refractivity contribution in [1.29, 1.82) is 0 Å². The van der Waals surface area contributed by atoms with Crippen molar-refractivity contribution < 1.29 is 14.3 Å². The molecule has 0 unspecified atom stereocenters. The van der Waals surface area contributed by atoms with E-state index in [4.69, 9.17) is 21.7 Å². The number of imidazole rings is 1. The molecule has 0 radical (unpaired) electrons. The van der Waals surface area contributed by atoms with Gasteiger partial charge in [-0.3, -0.25) is 0 Å². The third-order valence-electron chi connectivity index (χ3n) is 3.78. The van der Waals surface area contributed by atoms with E-state index in [0.29, 0.717) is 23.6 Å². The van der Waals surface area contributed by atoms with Crippen molar-refractivity contribution in [3.8, 4) is 5.75 Å². The summed E-state index contributed by atoms with van der Waals surface area (Å²) in [5.74, 6) is 0.369. The molecule has 0 aliphatic rings. The highest BCUT2D eigenvalue weighted by Crippen LogP contribution is 2.16. The van der Waals surface area contributed by atoms with Gasteiger partial charge in [-0.05, 0) is 35.5 Å². The second-order valence-corrected chi connectivity index (χ2v) is 5.86. The predicted octanol–water partition coefficient (Wildman–Crippen LogP) is 3.96. The van der Waals surface area contributed by atoms with Crippen LogP contribution in [-0.2, 0) is 17.9 Å². The number of aromatic nitrogens is 2. The first kappa shape index (κ1) is 17.0. The summed E-state index contributed by atoms with van der Waals surface area (Å²) >= 11 is 5.24. The number of benzene rings is 2. The maximum Gasteiger partial charge on any atom is 0.356 e. The zero-order valence-electron chi connectivity index (χ0n) is 13.8. The van der Waals surface area contributed by atoms with Crippen molar-refractivity contribution in [2.24, 2.45) is 0 Å². The van der Waals surface area contributed by atoms with Gasteiger partial charge in [-0.2, -0.15) is 0 Å². The molecule has 0 aliphatic heterocycles. The van der Waals surface area contributed by atoms with Gasteiger partial charge in [-0.25, -0.2) is 4.79 Å². The fourth-order valence-electron chi connectivity index (χ4n) is 2.44. The first-order chi connectivity index (χ1) is 12.2. The van der Waals surface area contributed by atoms with Crippen LogP contribution in [0.1, 0.15) is 21.6 Å². The molecule has 3 aromatic rings. The maximum atomic E-state index is 11.8. The molecule has 2 aromatic carbocycles. The summed E-state index contributed by atoms with van der Waals surface area (Å²) in [5.41, 5.74) is 2.53. The SMILES string of the molecule is COC(=O)c1c[nH]c(=S)n1Cc1ccc(OCc2ccccc2)cc1. The van der Waals surface area contributed by atoms with Gasteiger partial charge in [0, 0.05) is 6.20 Å². The molecule has 0 fully saturated rings. The molecule has 0 aliphatic carbocycles. The molecule has 1 aromatic heterocycles. The Morgan fingerprint density at radius 2 is 1.80 bits per heavy atom. The van der Waals surface area contributed by atoms with Gasteiger partial charge in [-0.15, -0.1) is 0 Å². The number of aromatic amines is 1. The monoisotopic (exact) mass is 354 g/mol. The second-order valence-electron chi connectivity index (χ2n) is 5.48. The fourth-order valence-corrected chi connectivity index (χ4v) is 2.66. The lowest BCUT2D eigenvalue weighted by Crippen LogP contribution is -2.11. The number of rotatable bonds is 6. The molecule has 0 spiro atoms. The lowest BCUT2D eigenvalue weighted by molar-refractivity contribution is 0.0589. The van der Waals surface area contributed by atoms with Crippen LogP contribution in [0.15, 0.2) is 60.8 Å². The molecule has 1 heterocycles. The van der Waals surface area contributed by atoms with Gasteiger partial charge in [0.15, 0.2) is 4.77 Å². The normalized spacial score (nSPS) is 10.4. The van der Waals surface area contributed by atoms with Crippen LogP contribution in [0, 0.1) is 4.77 Å². The van der Waals surface area contributed by atoms with Crippen molar-refractivity contribution in [2.75, 3.05) is 7.11 Å². The minimum Gasteiger partial charge on any atom is -0.489 e. The third kappa shape index (κ3) is 4.16. The van der Waals surface area contributed by atoms with Crippen molar-refractivity contribution in [1.82, 2.24) is 9.55 Å². The lowest BCUT2D eigenvalue weighted by atomic mass is 10.2. The summed E-state index contributed by atoms with van der Waals surface area (Å²) in [4.78, 5) is 14.7. The third-order valence-corrected chi connectivity index (χ3v) is 4.11. The number of esters is 1. The molecular formula is C19H18N2O3S. The minimum absolute atomic E-state index is 0.400. The molecule has 0 saturated carbocycles. The van der Waals surface area contributed by atoms with E-state index in [1.54, 1.807) is 10.8 Å². The average Bonchev–Trinajstić information content (AvgIpc) is 3.02. The quantitative estimate of drug-likeness (QED) is 0.538. The Morgan fingerprint density at radius 1 is 1.08 bits per heavy atom. The van der Waals surface area contributed by atoms with Gasteiger partial charge >= 0.3 is 5.97 Å². The number of carbonyl (C=O) groups is 1. The molecule has 25 heavy (non-hydrogen) atoms. The van der Waals surface area contributed by atoms with E-state index in [1.165, 1.54) is 7.11 Å². The Hall–Kier alpha value is -2.86. The van der Waals surface area contributed by atoms with E-state index < -0.39 is 5.97 Å². The highest BCUT2D eigenvalue weighted by atomic mass is 32.1. The molecule has 1 N–H and O–H groups in total. The fraction of sp³-hybridized carbons (Fsp3) is 0.158. The molecule has 0 bridgehead atoms. The van der Waals surface area contributed by atoms with Crippen LogP contribution in [0.5, 0.6) is 5.75 Å². The van der Waals surface area contributed by atoms with E-state index in [9.17, 15) is 4.79 Å². The van der Waals surface area contributed by atoms with Crippen LogP contribution in [0.2, 0.25) is 0 Å². The summed E-state index contributed by atoms with van der Waals surface area (Å²) in [7, 11) is 1.35. The van der Waals surface area contributed by atoms with Crippen LogP contribution in [0.25, 0.3) is 0 Å². The van der Waals surface area contributed by atoms with Crippen molar-refractivity contribution in [3.63, 3.8) is 0 Å². The second kappa shape index (κ2) is 7.81. The molecule has 0 saturated heterocycles. The Kier molecular flexibility index (Phi) is 5.30. The largest absolute Gasteiger partial charge is 0.489 e. The van der Waals surface area contributed by atoms with Gasteiger partial charge < -0.3 is 19.0 Å². The Morgan fingerprint density at radius 3 is 2.48 bits per heavy atom. The molecule has 0 amide bonds. The van der Waals surface area contributed by atoms with Crippen LogP contribution in [-0.4, -0.2) is 22.6 Å². The van der Waals surface area contributed by atoms with E-state index in [2.05, 4.69) is 4.98 Å². The number of carbonyl (C=O) groups excluding carboxylic acids is 1. The first-order valence-corrected chi connectivity index (χ1v) is 8.20. The lowest BCUT2D eigenvalue weighted by Gasteiger charge is -2.09. The molecule has 128 valence electrons. The Bertz CT molecular complexity index is 898. The number of ether oxygens (including phenoxy) is 2. The van der Waals surface area contributed by atoms with Crippen LogP contribution >= 0.6 is 12.2 Å². The van der Waals surface area contributed by atoms with Crippen molar-refractivity contribution in [2.45, 2.75) is 13.2 Å². The average molecular weight is 354 g/mol. The van der Waals surface area contributed by atoms with Gasteiger partial charge in [0.05, 0.1) is 13.7 Å². The van der Waals surface area contributed by atoms with Gasteiger partial charge in [0.1, 0.15) is 18.1 Å². The number of nitrogens with zero attached hydrogens (tertiary/aromatic N) is 1. The summed E-state index contributed by atoms with van der Waals surface area (Å²) in [6, 6.07) is 17.7.